The van der Waals surface area contributed by atoms with E-state index in [1.165, 1.54) is 10.5 Å². The molecule has 0 bridgehead atoms. The van der Waals surface area contributed by atoms with Crippen molar-refractivity contribution in [3.63, 3.8) is 0 Å². The summed E-state index contributed by atoms with van der Waals surface area (Å²) in [5.41, 5.74) is 2.02. The molecule has 2 heterocycles. The van der Waals surface area contributed by atoms with Crippen LogP contribution >= 0.6 is 0 Å². The smallest absolute Gasteiger partial charge is 0.244 e. The van der Waals surface area contributed by atoms with Crippen molar-refractivity contribution in [1.82, 2.24) is 9.29 Å². The van der Waals surface area contributed by atoms with E-state index in [1.54, 1.807) is 12.1 Å². The fraction of sp³-hybridized carbons (Fsp3) is 0.235. The lowest BCUT2D eigenvalue weighted by Crippen LogP contribution is -2.36. The van der Waals surface area contributed by atoms with Gasteiger partial charge in [0.1, 0.15) is 10.7 Å². The standard InChI is InChI=1S/C17H19N3O2S/c1-14-9-11-20(12-10-14)23(21,22)16-7-8-17(18-13-16)19-15-5-3-2-4-6-15/h2-8,13H,1,9-12H2,(H,18,19). The number of pyridine rings is 1. The number of piperidine rings is 1. The number of sulfonamides is 1. The number of nitrogens with one attached hydrogen (secondary N) is 1. The van der Waals surface area contributed by atoms with Gasteiger partial charge in [0, 0.05) is 25.0 Å². The van der Waals surface area contributed by atoms with Crippen LogP contribution in [0.15, 0.2) is 65.7 Å². The minimum absolute atomic E-state index is 0.226. The molecule has 0 spiro atoms. The molecule has 0 saturated carbocycles. The second kappa shape index (κ2) is 6.52. The summed E-state index contributed by atoms with van der Waals surface area (Å²) in [6.45, 7) is 4.90. The molecule has 5 nitrogen and oxygen atoms in total. The first-order valence-electron chi connectivity index (χ1n) is 7.50. The van der Waals surface area contributed by atoms with Crippen LogP contribution in [0.2, 0.25) is 0 Å². The van der Waals surface area contributed by atoms with Crippen molar-refractivity contribution in [2.45, 2.75) is 17.7 Å². The minimum atomic E-state index is -3.47. The van der Waals surface area contributed by atoms with E-state index < -0.39 is 10.0 Å². The molecule has 2 aromatic rings. The molecule has 1 saturated heterocycles. The number of benzene rings is 1. The lowest BCUT2D eigenvalue weighted by Gasteiger charge is -2.27. The zero-order chi connectivity index (χ0) is 16.3. The monoisotopic (exact) mass is 329 g/mol. The van der Waals surface area contributed by atoms with Crippen molar-refractivity contribution < 1.29 is 8.42 Å². The third-order valence-corrected chi connectivity index (χ3v) is 5.73. The van der Waals surface area contributed by atoms with E-state index >= 15 is 0 Å². The highest BCUT2D eigenvalue weighted by Crippen LogP contribution is 2.23. The Labute approximate surface area is 136 Å². The van der Waals surface area contributed by atoms with Crippen LogP contribution in [0.4, 0.5) is 11.5 Å². The molecule has 0 aliphatic carbocycles. The maximum Gasteiger partial charge on any atom is 0.244 e. The summed E-state index contributed by atoms with van der Waals surface area (Å²) in [4.78, 5) is 4.44. The van der Waals surface area contributed by atoms with Gasteiger partial charge in [-0.3, -0.25) is 0 Å². The Bertz CT molecular complexity index is 776. The van der Waals surface area contributed by atoms with Crippen molar-refractivity contribution in [2.24, 2.45) is 0 Å². The average Bonchev–Trinajstić information content (AvgIpc) is 2.57. The highest BCUT2D eigenvalue weighted by molar-refractivity contribution is 7.89. The lowest BCUT2D eigenvalue weighted by molar-refractivity contribution is 0.387. The quantitative estimate of drug-likeness (QED) is 0.875. The Morgan fingerprint density at radius 1 is 1.04 bits per heavy atom. The third kappa shape index (κ3) is 3.60. The number of nitrogens with zero attached hydrogens (tertiary/aromatic N) is 2. The first-order valence-corrected chi connectivity index (χ1v) is 8.95. The number of hydrogen-bond acceptors (Lipinski definition) is 4. The van der Waals surface area contributed by atoms with Gasteiger partial charge in [0.25, 0.3) is 0 Å². The molecule has 0 amide bonds. The number of anilines is 2. The van der Waals surface area contributed by atoms with E-state index in [0.717, 1.165) is 24.1 Å². The first kappa shape index (κ1) is 15.7. The normalized spacial score (nSPS) is 16.3. The molecule has 0 atom stereocenters. The van der Waals surface area contributed by atoms with Crippen LogP contribution in [-0.4, -0.2) is 30.8 Å². The van der Waals surface area contributed by atoms with Crippen molar-refractivity contribution in [2.75, 3.05) is 18.4 Å². The molecule has 3 rings (SSSR count). The van der Waals surface area contributed by atoms with Gasteiger partial charge < -0.3 is 5.32 Å². The van der Waals surface area contributed by atoms with Gasteiger partial charge in [-0.25, -0.2) is 13.4 Å². The van der Waals surface area contributed by atoms with Crippen LogP contribution in [-0.2, 0) is 10.0 Å². The molecular formula is C17H19N3O2S. The number of hydrogen-bond donors (Lipinski definition) is 1. The van der Waals surface area contributed by atoms with Crippen molar-refractivity contribution in [3.05, 3.63) is 60.8 Å². The summed E-state index contributed by atoms with van der Waals surface area (Å²) < 4.78 is 26.7. The van der Waals surface area contributed by atoms with E-state index in [4.69, 9.17) is 0 Å². The van der Waals surface area contributed by atoms with Crippen LogP contribution < -0.4 is 5.32 Å². The zero-order valence-electron chi connectivity index (χ0n) is 12.8. The Morgan fingerprint density at radius 2 is 1.74 bits per heavy atom. The summed E-state index contributed by atoms with van der Waals surface area (Å²) in [5.74, 6) is 0.613. The van der Waals surface area contributed by atoms with Gasteiger partial charge in [-0.2, -0.15) is 4.31 Å². The van der Waals surface area contributed by atoms with Crippen LogP contribution in [0.1, 0.15) is 12.8 Å². The van der Waals surface area contributed by atoms with Crippen molar-refractivity contribution in [3.8, 4) is 0 Å². The predicted octanol–water partition coefficient (Wildman–Crippen LogP) is 3.17. The summed E-state index contributed by atoms with van der Waals surface area (Å²) >= 11 is 0. The molecule has 1 fully saturated rings. The second-order valence-electron chi connectivity index (χ2n) is 5.52. The Morgan fingerprint density at radius 3 is 2.35 bits per heavy atom. The van der Waals surface area contributed by atoms with E-state index in [-0.39, 0.29) is 4.90 Å². The van der Waals surface area contributed by atoms with Gasteiger partial charge >= 0.3 is 0 Å². The van der Waals surface area contributed by atoms with E-state index in [0.29, 0.717) is 18.9 Å². The van der Waals surface area contributed by atoms with Gasteiger partial charge in [0.05, 0.1) is 0 Å². The number of aromatic nitrogens is 1. The van der Waals surface area contributed by atoms with Gasteiger partial charge in [0.15, 0.2) is 0 Å². The molecule has 1 aromatic heterocycles. The van der Waals surface area contributed by atoms with E-state index in [2.05, 4.69) is 16.9 Å². The summed E-state index contributed by atoms with van der Waals surface area (Å²) in [7, 11) is -3.47. The summed E-state index contributed by atoms with van der Waals surface area (Å²) in [6.07, 6.45) is 2.85. The second-order valence-corrected chi connectivity index (χ2v) is 7.46. The largest absolute Gasteiger partial charge is 0.340 e. The number of para-hydroxylation sites is 1. The maximum absolute atomic E-state index is 12.6. The van der Waals surface area contributed by atoms with Crippen LogP contribution in [0, 0.1) is 0 Å². The fourth-order valence-electron chi connectivity index (χ4n) is 2.47. The van der Waals surface area contributed by atoms with E-state index in [9.17, 15) is 8.42 Å². The molecular weight excluding hydrogens is 310 g/mol. The molecule has 1 N–H and O–H groups in total. The van der Waals surface area contributed by atoms with Crippen LogP contribution in [0.3, 0.4) is 0 Å². The molecule has 0 radical (unpaired) electrons. The Balaban J connectivity index is 1.75. The third-order valence-electron chi connectivity index (χ3n) is 3.85. The van der Waals surface area contributed by atoms with Gasteiger partial charge in [0.2, 0.25) is 10.0 Å². The lowest BCUT2D eigenvalue weighted by atomic mass is 10.1. The van der Waals surface area contributed by atoms with Crippen molar-refractivity contribution in [1.29, 1.82) is 0 Å². The topological polar surface area (TPSA) is 62.3 Å². The molecule has 23 heavy (non-hydrogen) atoms. The van der Waals surface area contributed by atoms with Crippen LogP contribution in [0.5, 0.6) is 0 Å². The van der Waals surface area contributed by atoms with Gasteiger partial charge in [-0.05, 0) is 37.1 Å². The summed E-state index contributed by atoms with van der Waals surface area (Å²) in [5, 5.41) is 3.14. The minimum Gasteiger partial charge on any atom is -0.340 e. The maximum atomic E-state index is 12.6. The highest BCUT2D eigenvalue weighted by atomic mass is 32.2. The van der Waals surface area contributed by atoms with E-state index in [1.807, 2.05) is 30.3 Å². The van der Waals surface area contributed by atoms with Gasteiger partial charge in [-0.15, -0.1) is 0 Å². The Kier molecular flexibility index (Phi) is 4.45. The zero-order valence-corrected chi connectivity index (χ0v) is 13.6. The molecule has 1 aliphatic heterocycles. The predicted molar refractivity (Wildman–Crippen MR) is 91.1 cm³/mol. The SMILES string of the molecule is C=C1CCN(S(=O)(=O)c2ccc(Nc3ccccc3)nc2)CC1. The molecule has 0 unspecified atom stereocenters. The molecule has 1 aromatic carbocycles. The van der Waals surface area contributed by atoms with Crippen LogP contribution in [0.25, 0.3) is 0 Å². The number of rotatable bonds is 4. The molecule has 120 valence electrons. The highest BCUT2D eigenvalue weighted by Gasteiger charge is 2.27. The van der Waals surface area contributed by atoms with Crippen molar-refractivity contribution >= 4 is 21.5 Å². The average molecular weight is 329 g/mol. The first-order chi connectivity index (χ1) is 11.1. The molecule has 6 heteroatoms. The molecule has 1 aliphatic rings. The fourth-order valence-corrected chi connectivity index (χ4v) is 3.86. The van der Waals surface area contributed by atoms with Gasteiger partial charge in [-0.1, -0.05) is 30.4 Å². The summed E-state index contributed by atoms with van der Waals surface area (Å²) in [6, 6.07) is 12.9. The Hall–Kier alpha value is -2.18.